The number of hydrogen-bond acceptors (Lipinski definition) is 6. The van der Waals surface area contributed by atoms with E-state index in [1.165, 1.54) is 12.1 Å². The highest BCUT2D eigenvalue weighted by molar-refractivity contribution is 5.83. The summed E-state index contributed by atoms with van der Waals surface area (Å²) >= 11 is 0. The predicted octanol–water partition coefficient (Wildman–Crippen LogP) is 3.13. The highest BCUT2D eigenvalue weighted by Crippen LogP contribution is 2.26. The number of benzene rings is 2. The van der Waals surface area contributed by atoms with Gasteiger partial charge in [0.2, 0.25) is 0 Å². The third-order valence-electron chi connectivity index (χ3n) is 5.23. The van der Waals surface area contributed by atoms with Crippen LogP contribution in [0.15, 0.2) is 48.7 Å². The number of anilines is 1. The number of nitrogens with one attached hydrogen (secondary N) is 1. The van der Waals surface area contributed by atoms with Gasteiger partial charge in [-0.2, -0.15) is 14.8 Å². The highest BCUT2D eigenvalue weighted by atomic mass is 19.1. The number of rotatable bonds is 5. The Morgan fingerprint density at radius 2 is 2.07 bits per heavy atom. The number of halogens is 1. The van der Waals surface area contributed by atoms with Crippen LogP contribution in [-0.4, -0.2) is 31.5 Å². The molecule has 7 nitrogen and oxygen atoms in total. The molecular weight excluding hydrogens is 385 g/mol. The van der Waals surface area contributed by atoms with Gasteiger partial charge in [-0.25, -0.2) is 9.37 Å². The van der Waals surface area contributed by atoms with Gasteiger partial charge in [0.1, 0.15) is 11.6 Å². The molecule has 0 fully saturated rings. The molecule has 0 saturated heterocycles. The van der Waals surface area contributed by atoms with Crippen molar-refractivity contribution in [1.29, 1.82) is 0 Å². The average molecular weight is 405 g/mol. The molecule has 0 amide bonds. The van der Waals surface area contributed by atoms with E-state index in [-0.39, 0.29) is 12.4 Å². The third-order valence-corrected chi connectivity index (χ3v) is 5.23. The second kappa shape index (κ2) is 7.81. The van der Waals surface area contributed by atoms with Gasteiger partial charge in [0.05, 0.1) is 37.2 Å². The molecule has 2 aromatic heterocycles. The van der Waals surface area contributed by atoms with Crippen LogP contribution in [0.1, 0.15) is 22.4 Å². The Kier molecular flexibility index (Phi) is 4.86. The molecular formula is C22H20FN5O2. The van der Waals surface area contributed by atoms with Gasteiger partial charge in [-0.3, -0.25) is 0 Å². The van der Waals surface area contributed by atoms with Crippen molar-refractivity contribution in [1.82, 2.24) is 19.7 Å². The van der Waals surface area contributed by atoms with Crippen molar-refractivity contribution in [3.63, 3.8) is 0 Å². The fraction of sp³-hybridized carbons (Fsp3) is 0.227. The van der Waals surface area contributed by atoms with E-state index in [1.54, 1.807) is 16.9 Å². The van der Waals surface area contributed by atoms with E-state index in [0.29, 0.717) is 37.9 Å². The number of aliphatic hydroxyl groups excluding tert-OH is 1. The maximum absolute atomic E-state index is 13.5. The molecule has 30 heavy (non-hydrogen) atoms. The van der Waals surface area contributed by atoms with Crippen LogP contribution >= 0.6 is 0 Å². The molecule has 4 aromatic rings. The van der Waals surface area contributed by atoms with Crippen LogP contribution in [0.5, 0.6) is 0 Å². The Balaban J connectivity index is 1.56. The molecule has 0 spiro atoms. The van der Waals surface area contributed by atoms with Crippen LogP contribution in [0, 0.1) is 5.82 Å². The van der Waals surface area contributed by atoms with Crippen molar-refractivity contribution in [2.45, 2.75) is 26.2 Å². The van der Waals surface area contributed by atoms with Gasteiger partial charge in [-0.1, -0.05) is 24.3 Å². The van der Waals surface area contributed by atoms with Crippen molar-refractivity contribution in [2.24, 2.45) is 0 Å². The Morgan fingerprint density at radius 1 is 1.17 bits per heavy atom. The van der Waals surface area contributed by atoms with Crippen molar-refractivity contribution in [2.75, 3.05) is 11.9 Å². The second-order valence-corrected chi connectivity index (χ2v) is 7.15. The lowest BCUT2D eigenvalue weighted by atomic mass is 10.1. The Morgan fingerprint density at radius 3 is 2.93 bits per heavy atom. The van der Waals surface area contributed by atoms with Gasteiger partial charge in [0.25, 0.3) is 5.95 Å². The van der Waals surface area contributed by atoms with E-state index in [0.717, 1.165) is 33.3 Å². The molecule has 2 N–H and O–H groups in total. The number of nitrogens with zero attached hydrogens (tertiary/aromatic N) is 4. The summed E-state index contributed by atoms with van der Waals surface area (Å²) in [7, 11) is 0. The summed E-state index contributed by atoms with van der Waals surface area (Å²) in [5.41, 5.74) is 4.26. The zero-order valence-corrected chi connectivity index (χ0v) is 16.2. The molecule has 8 heteroatoms. The minimum atomic E-state index is -0.268. The summed E-state index contributed by atoms with van der Waals surface area (Å²) < 4.78 is 20.8. The maximum atomic E-state index is 13.5. The first-order valence-electron chi connectivity index (χ1n) is 9.75. The quantitative estimate of drug-likeness (QED) is 0.531. The molecule has 2 aromatic carbocycles. The molecule has 0 radical (unpaired) electrons. The normalized spacial score (nSPS) is 13.4. The van der Waals surface area contributed by atoms with Crippen molar-refractivity contribution in [3.05, 3.63) is 76.9 Å². The third kappa shape index (κ3) is 3.40. The van der Waals surface area contributed by atoms with Crippen molar-refractivity contribution in [3.8, 4) is 5.95 Å². The van der Waals surface area contributed by atoms with E-state index in [1.807, 2.05) is 24.3 Å². The van der Waals surface area contributed by atoms with E-state index in [4.69, 9.17) is 14.7 Å². The molecule has 0 saturated carbocycles. The lowest BCUT2D eigenvalue weighted by Gasteiger charge is -2.20. The number of aliphatic hydroxyl groups is 1. The average Bonchev–Trinajstić information content (AvgIpc) is 3.21. The zero-order chi connectivity index (χ0) is 20.5. The molecule has 152 valence electrons. The van der Waals surface area contributed by atoms with Gasteiger partial charge in [-0.05, 0) is 29.3 Å². The van der Waals surface area contributed by atoms with Gasteiger partial charge in [-0.15, -0.1) is 0 Å². The molecule has 3 heterocycles. The van der Waals surface area contributed by atoms with E-state index in [2.05, 4.69) is 10.4 Å². The summed E-state index contributed by atoms with van der Waals surface area (Å²) in [6, 6.07) is 12.1. The van der Waals surface area contributed by atoms with Gasteiger partial charge in [0, 0.05) is 23.9 Å². The van der Waals surface area contributed by atoms with Gasteiger partial charge in [0.15, 0.2) is 0 Å². The second-order valence-electron chi connectivity index (χ2n) is 7.15. The summed E-state index contributed by atoms with van der Waals surface area (Å²) in [5, 5.41) is 18.2. The fourth-order valence-electron chi connectivity index (χ4n) is 3.72. The molecule has 0 aliphatic carbocycles. The van der Waals surface area contributed by atoms with Crippen molar-refractivity contribution < 1.29 is 14.2 Å². The summed E-state index contributed by atoms with van der Waals surface area (Å²) in [4.78, 5) is 9.43. The number of hydrogen-bond donors (Lipinski definition) is 2. The van der Waals surface area contributed by atoms with Crippen LogP contribution in [0.2, 0.25) is 0 Å². The topological polar surface area (TPSA) is 85.1 Å². The van der Waals surface area contributed by atoms with Gasteiger partial charge >= 0.3 is 0 Å². The lowest BCUT2D eigenvalue weighted by Crippen LogP contribution is -2.19. The van der Waals surface area contributed by atoms with E-state index < -0.39 is 0 Å². The zero-order valence-electron chi connectivity index (χ0n) is 16.2. The summed E-state index contributed by atoms with van der Waals surface area (Å²) in [6.45, 7) is 1.38. The predicted molar refractivity (Wildman–Crippen MR) is 110 cm³/mol. The minimum Gasteiger partial charge on any atom is -0.392 e. The lowest BCUT2D eigenvalue weighted by molar-refractivity contribution is 0.107. The Labute approximate surface area is 172 Å². The molecule has 1 aliphatic heterocycles. The number of aromatic nitrogens is 4. The summed E-state index contributed by atoms with van der Waals surface area (Å²) in [6.07, 6.45) is 2.41. The molecule has 5 rings (SSSR count). The first-order valence-corrected chi connectivity index (χ1v) is 9.75. The van der Waals surface area contributed by atoms with Crippen molar-refractivity contribution >= 4 is 16.7 Å². The van der Waals surface area contributed by atoms with Crippen LogP contribution in [0.4, 0.5) is 10.2 Å². The fourth-order valence-corrected chi connectivity index (χ4v) is 3.72. The standard InChI is InChI=1S/C22H20FN5O2/c23-16-5-1-3-14(9-16)10-24-21-17-7-8-30-13-19(17)26-22(27-21)28-20-6-2-4-15(12-29)18(20)11-25-28/h1-6,9,11,29H,7-8,10,12-13H2,(H,24,26,27). The largest absolute Gasteiger partial charge is 0.392 e. The molecule has 0 bridgehead atoms. The van der Waals surface area contributed by atoms with E-state index >= 15 is 0 Å². The highest BCUT2D eigenvalue weighted by Gasteiger charge is 2.20. The number of ether oxygens (including phenoxy) is 1. The van der Waals surface area contributed by atoms with E-state index in [9.17, 15) is 9.50 Å². The number of fused-ring (bicyclic) bond motifs is 2. The Hall–Kier alpha value is -3.36. The summed E-state index contributed by atoms with van der Waals surface area (Å²) in [5.74, 6) is 0.853. The maximum Gasteiger partial charge on any atom is 0.253 e. The minimum absolute atomic E-state index is 0.0671. The van der Waals surface area contributed by atoms with Crippen LogP contribution in [0.25, 0.3) is 16.9 Å². The van der Waals surface area contributed by atoms with Crippen LogP contribution in [-0.2, 0) is 30.9 Å². The van der Waals surface area contributed by atoms with Crippen LogP contribution < -0.4 is 5.32 Å². The first-order chi connectivity index (χ1) is 14.7. The van der Waals surface area contributed by atoms with Crippen LogP contribution in [0.3, 0.4) is 0 Å². The van der Waals surface area contributed by atoms with Gasteiger partial charge < -0.3 is 15.2 Å². The monoisotopic (exact) mass is 405 g/mol. The SMILES string of the molecule is OCc1cccc2c1cnn2-c1nc2c(c(NCc3cccc(F)c3)n1)CCOC2. The molecule has 0 unspecified atom stereocenters. The Bertz CT molecular complexity index is 1220. The first kappa shape index (κ1) is 18.7. The molecule has 1 aliphatic rings. The smallest absolute Gasteiger partial charge is 0.253 e. The molecule has 0 atom stereocenters.